The van der Waals surface area contributed by atoms with Crippen molar-refractivity contribution in [1.82, 2.24) is 4.90 Å². The highest BCUT2D eigenvalue weighted by Gasteiger charge is 2.33. The van der Waals surface area contributed by atoms with Crippen LogP contribution in [0.15, 0.2) is 0 Å². The monoisotopic (exact) mass is 280 g/mol. The van der Waals surface area contributed by atoms with E-state index >= 15 is 0 Å². The van der Waals surface area contributed by atoms with Crippen LogP contribution in [0.1, 0.15) is 78.1 Å². The number of hydrogen-bond acceptors (Lipinski definition) is 2. The molecule has 0 bridgehead atoms. The fourth-order valence-corrected chi connectivity index (χ4v) is 4.38. The predicted molar refractivity (Wildman–Crippen MR) is 87.8 cm³/mol. The summed E-state index contributed by atoms with van der Waals surface area (Å²) in [6.45, 7) is 6.86. The minimum atomic E-state index is 0.664. The Labute approximate surface area is 126 Å². The Hall–Kier alpha value is -0.0800. The number of nitrogens with two attached hydrogens (primary N) is 1. The maximum absolute atomic E-state index is 6.24. The van der Waals surface area contributed by atoms with Crippen molar-refractivity contribution in [2.75, 3.05) is 13.1 Å². The Morgan fingerprint density at radius 3 is 2.10 bits per heavy atom. The minimum Gasteiger partial charge on any atom is -0.329 e. The van der Waals surface area contributed by atoms with Crippen molar-refractivity contribution in [3.05, 3.63) is 0 Å². The third kappa shape index (κ3) is 4.46. The van der Waals surface area contributed by atoms with Crippen molar-refractivity contribution < 1.29 is 0 Å². The van der Waals surface area contributed by atoms with E-state index in [9.17, 15) is 0 Å². The molecule has 2 N–H and O–H groups in total. The molecule has 0 heterocycles. The lowest BCUT2D eigenvalue weighted by Gasteiger charge is -2.42. The Kier molecular flexibility index (Phi) is 6.83. The van der Waals surface area contributed by atoms with Crippen LogP contribution in [0.3, 0.4) is 0 Å². The molecule has 2 aliphatic carbocycles. The van der Waals surface area contributed by atoms with Gasteiger partial charge in [-0.3, -0.25) is 4.90 Å². The highest BCUT2D eigenvalue weighted by Crippen LogP contribution is 2.33. The second-order valence-corrected chi connectivity index (χ2v) is 7.56. The SMILES string of the molecule is CC(C)CCN(C1CCCC1)C(CN)C1CCCCC1. The maximum Gasteiger partial charge on any atom is 0.0249 e. The molecule has 0 aromatic carbocycles. The first-order chi connectivity index (χ1) is 9.72. The summed E-state index contributed by atoms with van der Waals surface area (Å²) < 4.78 is 0. The molecule has 0 aliphatic heterocycles. The summed E-state index contributed by atoms with van der Waals surface area (Å²) in [6, 6.07) is 1.50. The van der Waals surface area contributed by atoms with Gasteiger partial charge in [0.25, 0.3) is 0 Å². The quantitative estimate of drug-likeness (QED) is 0.758. The molecule has 0 saturated heterocycles. The van der Waals surface area contributed by atoms with Crippen LogP contribution in [0.4, 0.5) is 0 Å². The van der Waals surface area contributed by atoms with Gasteiger partial charge in [0, 0.05) is 18.6 Å². The first-order valence-corrected chi connectivity index (χ1v) is 9.18. The molecule has 2 fully saturated rings. The molecule has 0 aromatic rings. The van der Waals surface area contributed by atoms with Crippen molar-refractivity contribution in [2.24, 2.45) is 17.6 Å². The molecule has 2 aliphatic rings. The largest absolute Gasteiger partial charge is 0.329 e. The lowest BCUT2D eigenvalue weighted by atomic mass is 9.82. The average Bonchev–Trinajstić information content (AvgIpc) is 2.98. The van der Waals surface area contributed by atoms with Crippen LogP contribution < -0.4 is 5.73 Å². The van der Waals surface area contributed by atoms with Crippen LogP contribution >= 0.6 is 0 Å². The third-order valence-electron chi connectivity index (χ3n) is 5.62. The Balaban J connectivity index is 2.00. The van der Waals surface area contributed by atoms with Gasteiger partial charge in [-0.05, 0) is 50.5 Å². The molecule has 20 heavy (non-hydrogen) atoms. The summed E-state index contributed by atoms with van der Waals surface area (Å²) in [7, 11) is 0. The molecule has 2 nitrogen and oxygen atoms in total. The zero-order valence-electron chi connectivity index (χ0n) is 13.8. The summed E-state index contributed by atoms with van der Waals surface area (Å²) in [5.74, 6) is 1.69. The van der Waals surface area contributed by atoms with Crippen LogP contribution in [0.5, 0.6) is 0 Å². The smallest absolute Gasteiger partial charge is 0.0249 e. The zero-order chi connectivity index (χ0) is 14.4. The molecule has 0 amide bonds. The van der Waals surface area contributed by atoms with Gasteiger partial charge in [-0.2, -0.15) is 0 Å². The maximum atomic E-state index is 6.24. The molecule has 2 saturated carbocycles. The second-order valence-electron chi connectivity index (χ2n) is 7.56. The molecule has 118 valence electrons. The lowest BCUT2D eigenvalue weighted by molar-refractivity contribution is 0.0757. The predicted octanol–water partition coefficient (Wildman–Crippen LogP) is 4.18. The van der Waals surface area contributed by atoms with E-state index in [1.54, 1.807) is 0 Å². The normalized spacial score (nSPS) is 23.9. The summed E-state index contributed by atoms with van der Waals surface area (Å²) in [4.78, 5) is 2.85. The molecular weight excluding hydrogens is 244 g/mol. The van der Waals surface area contributed by atoms with E-state index in [0.29, 0.717) is 6.04 Å². The van der Waals surface area contributed by atoms with E-state index in [0.717, 1.165) is 24.4 Å². The summed E-state index contributed by atoms with van der Waals surface area (Å²) >= 11 is 0. The van der Waals surface area contributed by atoms with Crippen molar-refractivity contribution >= 4 is 0 Å². The first kappa shape index (κ1) is 16.3. The van der Waals surface area contributed by atoms with Crippen LogP contribution in [0.25, 0.3) is 0 Å². The molecule has 1 unspecified atom stereocenters. The molecule has 0 aromatic heterocycles. The molecule has 0 radical (unpaired) electrons. The van der Waals surface area contributed by atoms with Gasteiger partial charge >= 0.3 is 0 Å². The first-order valence-electron chi connectivity index (χ1n) is 9.18. The van der Waals surface area contributed by atoms with Gasteiger partial charge in [-0.1, -0.05) is 46.0 Å². The zero-order valence-corrected chi connectivity index (χ0v) is 13.8. The van der Waals surface area contributed by atoms with Crippen molar-refractivity contribution in [3.8, 4) is 0 Å². The highest BCUT2D eigenvalue weighted by atomic mass is 15.2. The van der Waals surface area contributed by atoms with Gasteiger partial charge in [-0.15, -0.1) is 0 Å². The summed E-state index contributed by atoms with van der Waals surface area (Å²) in [5, 5.41) is 0. The van der Waals surface area contributed by atoms with Gasteiger partial charge in [0.1, 0.15) is 0 Å². The van der Waals surface area contributed by atoms with E-state index in [4.69, 9.17) is 5.73 Å². The summed E-state index contributed by atoms with van der Waals surface area (Å²) in [5.41, 5.74) is 6.24. The third-order valence-corrected chi connectivity index (χ3v) is 5.62. The number of rotatable bonds is 7. The molecule has 2 heteroatoms. The van der Waals surface area contributed by atoms with E-state index in [2.05, 4.69) is 18.7 Å². The van der Waals surface area contributed by atoms with Crippen LogP contribution in [-0.4, -0.2) is 30.1 Å². The number of hydrogen-bond donors (Lipinski definition) is 1. The standard InChI is InChI=1S/C18H36N2/c1-15(2)12-13-20(17-10-6-7-11-17)18(14-19)16-8-4-3-5-9-16/h15-18H,3-14,19H2,1-2H3. The Morgan fingerprint density at radius 2 is 1.55 bits per heavy atom. The van der Waals surface area contributed by atoms with Gasteiger partial charge in [0.15, 0.2) is 0 Å². The lowest BCUT2D eigenvalue weighted by Crippen LogP contribution is -2.51. The van der Waals surface area contributed by atoms with Crippen LogP contribution in [0, 0.1) is 11.8 Å². The van der Waals surface area contributed by atoms with E-state index < -0.39 is 0 Å². The van der Waals surface area contributed by atoms with Crippen molar-refractivity contribution in [2.45, 2.75) is 90.1 Å². The molecule has 1 atom stereocenters. The minimum absolute atomic E-state index is 0.664. The fraction of sp³-hybridized carbons (Fsp3) is 1.00. The molecule has 0 spiro atoms. The van der Waals surface area contributed by atoms with Crippen molar-refractivity contribution in [1.29, 1.82) is 0 Å². The molecular formula is C18H36N2. The van der Waals surface area contributed by atoms with Gasteiger partial charge in [0.05, 0.1) is 0 Å². The van der Waals surface area contributed by atoms with E-state index in [-0.39, 0.29) is 0 Å². The molecule has 2 rings (SSSR count). The van der Waals surface area contributed by atoms with Crippen molar-refractivity contribution in [3.63, 3.8) is 0 Å². The topological polar surface area (TPSA) is 29.3 Å². The Bertz CT molecular complexity index is 252. The van der Waals surface area contributed by atoms with Crippen LogP contribution in [0.2, 0.25) is 0 Å². The average molecular weight is 280 g/mol. The highest BCUT2D eigenvalue weighted by molar-refractivity contribution is 4.88. The number of nitrogens with zero attached hydrogens (tertiary/aromatic N) is 1. The van der Waals surface area contributed by atoms with Gasteiger partial charge < -0.3 is 5.73 Å². The van der Waals surface area contributed by atoms with Gasteiger partial charge in [0.2, 0.25) is 0 Å². The Morgan fingerprint density at radius 1 is 0.950 bits per heavy atom. The van der Waals surface area contributed by atoms with Gasteiger partial charge in [-0.25, -0.2) is 0 Å². The van der Waals surface area contributed by atoms with E-state index in [1.165, 1.54) is 70.8 Å². The second kappa shape index (κ2) is 8.38. The summed E-state index contributed by atoms with van der Waals surface area (Å²) in [6.07, 6.45) is 14.2. The van der Waals surface area contributed by atoms with Crippen LogP contribution in [-0.2, 0) is 0 Å². The fourth-order valence-electron chi connectivity index (χ4n) is 4.38. The van der Waals surface area contributed by atoms with E-state index in [1.807, 2.05) is 0 Å².